The Kier molecular flexibility index (Phi) is 6.75. The van der Waals surface area contributed by atoms with E-state index in [1.165, 1.54) is 6.20 Å². The minimum Gasteiger partial charge on any atom is -0.368 e. The van der Waals surface area contributed by atoms with Crippen LogP contribution in [-0.2, 0) is 0 Å². The Balaban J connectivity index is 1.54. The summed E-state index contributed by atoms with van der Waals surface area (Å²) in [6.07, 6.45) is 3.25. The second kappa shape index (κ2) is 10.1. The first-order chi connectivity index (χ1) is 15.6. The van der Waals surface area contributed by atoms with E-state index in [1.807, 2.05) is 30.3 Å². The standard InChI is InChI=1S/C23H17Cl2N7/c24-16-5-6-17(18(25)11-16)23-31-20(19-3-1-2-8-27-19)12-22(32-23)29-10-9-28-21-7-4-15(13-26)14-30-21/h1-8,11-12,14H,9-10H2,(H,28,30)(H,29,31,32). The van der Waals surface area contributed by atoms with E-state index in [0.29, 0.717) is 57.4 Å². The van der Waals surface area contributed by atoms with Gasteiger partial charge in [0.15, 0.2) is 5.82 Å². The maximum Gasteiger partial charge on any atom is 0.163 e. The molecule has 0 aliphatic heterocycles. The first kappa shape index (κ1) is 21.5. The largest absolute Gasteiger partial charge is 0.368 e. The van der Waals surface area contributed by atoms with Crippen LogP contribution in [0.2, 0.25) is 10.0 Å². The van der Waals surface area contributed by atoms with Crippen LogP contribution >= 0.6 is 23.2 Å². The monoisotopic (exact) mass is 461 g/mol. The van der Waals surface area contributed by atoms with E-state index in [2.05, 4.69) is 30.6 Å². The Morgan fingerprint density at radius 1 is 0.844 bits per heavy atom. The Morgan fingerprint density at radius 2 is 1.69 bits per heavy atom. The summed E-state index contributed by atoms with van der Waals surface area (Å²) in [4.78, 5) is 17.9. The van der Waals surface area contributed by atoms with Crippen molar-refractivity contribution in [3.63, 3.8) is 0 Å². The Bertz CT molecular complexity index is 1260. The number of hydrogen-bond acceptors (Lipinski definition) is 7. The van der Waals surface area contributed by atoms with Crippen molar-refractivity contribution in [3.05, 3.63) is 82.6 Å². The van der Waals surface area contributed by atoms with Gasteiger partial charge in [0.1, 0.15) is 17.7 Å². The quantitative estimate of drug-likeness (QED) is 0.360. The van der Waals surface area contributed by atoms with Crippen LogP contribution in [0.3, 0.4) is 0 Å². The number of nitriles is 1. The molecule has 9 heteroatoms. The van der Waals surface area contributed by atoms with Gasteiger partial charge in [0.05, 0.1) is 22.0 Å². The fourth-order valence-corrected chi connectivity index (χ4v) is 3.41. The van der Waals surface area contributed by atoms with Crippen LogP contribution < -0.4 is 10.6 Å². The number of rotatable bonds is 7. The molecular formula is C23H17Cl2N7. The van der Waals surface area contributed by atoms with E-state index in [1.54, 1.807) is 36.5 Å². The molecule has 4 rings (SSSR count). The molecule has 0 aliphatic carbocycles. The van der Waals surface area contributed by atoms with E-state index < -0.39 is 0 Å². The van der Waals surface area contributed by atoms with E-state index in [-0.39, 0.29) is 0 Å². The molecule has 0 spiro atoms. The topological polar surface area (TPSA) is 99.4 Å². The van der Waals surface area contributed by atoms with Gasteiger partial charge >= 0.3 is 0 Å². The van der Waals surface area contributed by atoms with Crippen molar-refractivity contribution < 1.29 is 0 Å². The zero-order valence-corrected chi connectivity index (χ0v) is 18.3. The maximum absolute atomic E-state index is 8.86. The number of anilines is 2. The highest BCUT2D eigenvalue weighted by molar-refractivity contribution is 6.36. The van der Waals surface area contributed by atoms with Gasteiger partial charge in [-0.15, -0.1) is 0 Å². The first-order valence-corrected chi connectivity index (χ1v) is 10.5. The van der Waals surface area contributed by atoms with Gasteiger partial charge in [-0.1, -0.05) is 29.3 Å². The highest BCUT2D eigenvalue weighted by Gasteiger charge is 2.12. The van der Waals surface area contributed by atoms with E-state index in [0.717, 1.165) is 5.69 Å². The molecular weight excluding hydrogens is 445 g/mol. The minimum absolute atomic E-state index is 0.468. The van der Waals surface area contributed by atoms with Crippen LogP contribution in [0.1, 0.15) is 5.56 Å². The van der Waals surface area contributed by atoms with Gasteiger partial charge in [0.2, 0.25) is 0 Å². The van der Waals surface area contributed by atoms with Crippen molar-refractivity contribution in [1.82, 2.24) is 19.9 Å². The summed E-state index contributed by atoms with van der Waals surface area (Å²) in [7, 11) is 0. The van der Waals surface area contributed by atoms with Gasteiger partial charge in [-0.05, 0) is 42.5 Å². The first-order valence-electron chi connectivity index (χ1n) is 9.72. The third-order valence-electron chi connectivity index (χ3n) is 4.46. The smallest absolute Gasteiger partial charge is 0.163 e. The molecule has 0 unspecified atom stereocenters. The fraction of sp³-hybridized carbons (Fsp3) is 0.0870. The molecule has 158 valence electrons. The third-order valence-corrected chi connectivity index (χ3v) is 5.00. The molecule has 0 fully saturated rings. The molecule has 0 aliphatic rings. The van der Waals surface area contributed by atoms with Crippen LogP contribution in [0, 0.1) is 11.3 Å². The SMILES string of the molecule is N#Cc1ccc(NCCNc2cc(-c3ccccn3)nc(-c3ccc(Cl)cc3Cl)n2)nc1. The second-order valence-electron chi connectivity index (χ2n) is 6.70. The lowest BCUT2D eigenvalue weighted by molar-refractivity contribution is 1.04. The Labute approximate surface area is 195 Å². The molecule has 0 saturated carbocycles. The summed E-state index contributed by atoms with van der Waals surface area (Å²) in [6, 6.07) is 18.2. The third kappa shape index (κ3) is 5.30. The zero-order valence-electron chi connectivity index (χ0n) is 16.8. The van der Waals surface area contributed by atoms with Crippen molar-refractivity contribution in [3.8, 4) is 28.8 Å². The lowest BCUT2D eigenvalue weighted by Crippen LogP contribution is -2.15. The van der Waals surface area contributed by atoms with Crippen molar-refractivity contribution in [2.75, 3.05) is 23.7 Å². The van der Waals surface area contributed by atoms with Crippen LogP contribution in [0.25, 0.3) is 22.8 Å². The van der Waals surface area contributed by atoms with Gasteiger partial charge < -0.3 is 10.6 Å². The number of nitrogens with one attached hydrogen (secondary N) is 2. The number of pyridine rings is 2. The highest BCUT2D eigenvalue weighted by atomic mass is 35.5. The fourth-order valence-electron chi connectivity index (χ4n) is 2.92. The number of aromatic nitrogens is 4. The number of nitrogens with zero attached hydrogens (tertiary/aromatic N) is 5. The Morgan fingerprint density at radius 3 is 2.38 bits per heavy atom. The van der Waals surface area contributed by atoms with Crippen LogP contribution in [-0.4, -0.2) is 33.0 Å². The highest BCUT2D eigenvalue weighted by Crippen LogP contribution is 2.30. The molecule has 4 aromatic rings. The van der Waals surface area contributed by atoms with Crippen molar-refractivity contribution >= 4 is 34.8 Å². The molecule has 3 heterocycles. The molecule has 0 radical (unpaired) electrons. The molecule has 1 aromatic carbocycles. The zero-order chi connectivity index (χ0) is 22.3. The lowest BCUT2D eigenvalue weighted by Gasteiger charge is -2.12. The predicted octanol–water partition coefficient (Wildman–Crippen LogP) is 5.30. The van der Waals surface area contributed by atoms with Gasteiger partial charge in [-0.25, -0.2) is 15.0 Å². The van der Waals surface area contributed by atoms with Gasteiger partial charge in [0.25, 0.3) is 0 Å². The molecule has 3 aromatic heterocycles. The lowest BCUT2D eigenvalue weighted by atomic mass is 10.2. The molecule has 2 N–H and O–H groups in total. The van der Waals surface area contributed by atoms with Crippen molar-refractivity contribution in [1.29, 1.82) is 5.26 Å². The average molecular weight is 462 g/mol. The Hall–Kier alpha value is -3.73. The molecule has 32 heavy (non-hydrogen) atoms. The van der Waals surface area contributed by atoms with E-state index >= 15 is 0 Å². The summed E-state index contributed by atoms with van der Waals surface area (Å²) >= 11 is 12.4. The molecule has 0 amide bonds. The summed E-state index contributed by atoms with van der Waals surface area (Å²) < 4.78 is 0. The van der Waals surface area contributed by atoms with E-state index in [9.17, 15) is 0 Å². The number of benzene rings is 1. The molecule has 0 atom stereocenters. The average Bonchev–Trinajstić information content (AvgIpc) is 2.82. The van der Waals surface area contributed by atoms with Gasteiger partial charge in [0, 0.05) is 42.1 Å². The molecule has 7 nitrogen and oxygen atoms in total. The normalized spacial score (nSPS) is 10.4. The van der Waals surface area contributed by atoms with Gasteiger partial charge in [-0.3, -0.25) is 4.98 Å². The van der Waals surface area contributed by atoms with Gasteiger partial charge in [-0.2, -0.15) is 5.26 Å². The van der Waals surface area contributed by atoms with Crippen molar-refractivity contribution in [2.24, 2.45) is 0 Å². The summed E-state index contributed by atoms with van der Waals surface area (Å²) in [5.41, 5.74) is 2.59. The summed E-state index contributed by atoms with van der Waals surface area (Å²) in [5, 5.41) is 16.4. The second-order valence-corrected chi connectivity index (χ2v) is 7.54. The maximum atomic E-state index is 8.86. The summed E-state index contributed by atoms with van der Waals surface area (Å²) in [6.45, 7) is 1.17. The molecule has 0 bridgehead atoms. The number of hydrogen-bond donors (Lipinski definition) is 2. The minimum atomic E-state index is 0.468. The summed E-state index contributed by atoms with van der Waals surface area (Å²) in [5.74, 6) is 1.80. The molecule has 0 saturated heterocycles. The van der Waals surface area contributed by atoms with Crippen LogP contribution in [0.5, 0.6) is 0 Å². The van der Waals surface area contributed by atoms with Crippen LogP contribution in [0.15, 0.2) is 67.0 Å². The van der Waals surface area contributed by atoms with Crippen LogP contribution in [0.4, 0.5) is 11.6 Å². The predicted molar refractivity (Wildman–Crippen MR) is 127 cm³/mol. The number of halogens is 2. The van der Waals surface area contributed by atoms with E-state index in [4.69, 9.17) is 28.5 Å². The van der Waals surface area contributed by atoms with Crippen molar-refractivity contribution in [2.45, 2.75) is 0 Å².